The van der Waals surface area contributed by atoms with Gasteiger partial charge in [0.25, 0.3) is 0 Å². The first-order valence-electron chi connectivity index (χ1n) is 6.60. The molecule has 0 aliphatic carbocycles. The molecule has 1 rings (SSSR count). The lowest BCUT2D eigenvalue weighted by Crippen LogP contribution is -2.56. The summed E-state index contributed by atoms with van der Waals surface area (Å²) in [5.74, 6) is 0.452. The Labute approximate surface area is 113 Å². The molecule has 104 valence electrons. The van der Waals surface area contributed by atoms with E-state index in [1.165, 1.54) is 0 Å². The Morgan fingerprint density at radius 2 is 2.00 bits per heavy atom. The molecule has 0 aromatic carbocycles. The van der Waals surface area contributed by atoms with Crippen LogP contribution in [0.3, 0.4) is 0 Å². The van der Waals surface area contributed by atoms with Gasteiger partial charge in [0.05, 0.1) is 0 Å². The van der Waals surface area contributed by atoms with E-state index < -0.39 is 11.5 Å². The summed E-state index contributed by atoms with van der Waals surface area (Å²) in [7, 11) is 0. The van der Waals surface area contributed by atoms with Gasteiger partial charge in [-0.05, 0) is 18.1 Å². The Kier molecular flexibility index (Phi) is 5.50. The summed E-state index contributed by atoms with van der Waals surface area (Å²) in [6.07, 6.45) is 2.41. The highest BCUT2D eigenvalue weighted by Gasteiger charge is 2.44. The van der Waals surface area contributed by atoms with Gasteiger partial charge in [-0.15, -0.1) is 0 Å². The standard InChI is InChI=1S/C13H23NO3S/c1-4-10(5-2)9(3)11(15)14-13(12(16)17)6-7-18-8-13/h9-10H,4-8H2,1-3H3,(H,14,15)(H,16,17). The molecule has 0 spiro atoms. The zero-order valence-corrected chi connectivity index (χ0v) is 12.2. The van der Waals surface area contributed by atoms with Crippen molar-refractivity contribution in [3.63, 3.8) is 0 Å². The van der Waals surface area contributed by atoms with Crippen LogP contribution in [0.5, 0.6) is 0 Å². The second-order valence-corrected chi connectivity index (χ2v) is 6.15. The van der Waals surface area contributed by atoms with Crippen LogP contribution in [0, 0.1) is 11.8 Å². The maximum Gasteiger partial charge on any atom is 0.330 e. The van der Waals surface area contributed by atoms with Crippen molar-refractivity contribution >= 4 is 23.6 Å². The van der Waals surface area contributed by atoms with Gasteiger partial charge >= 0.3 is 5.97 Å². The lowest BCUT2D eigenvalue weighted by atomic mass is 9.87. The molecule has 2 atom stereocenters. The molecule has 1 fully saturated rings. The van der Waals surface area contributed by atoms with Crippen molar-refractivity contribution in [3.05, 3.63) is 0 Å². The number of carboxylic acid groups (broad SMARTS) is 1. The summed E-state index contributed by atoms with van der Waals surface area (Å²) < 4.78 is 0. The van der Waals surface area contributed by atoms with Gasteiger partial charge in [-0.25, -0.2) is 4.79 Å². The van der Waals surface area contributed by atoms with Gasteiger partial charge in [0, 0.05) is 11.7 Å². The Hall–Kier alpha value is -0.710. The van der Waals surface area contributed by atoms with Crippen LogP contribution in [0.2, 0.25) is 0 Å². The number of aliphatic carboxylic acids is 1. The third kappa shape index (κ3) is 3.19. The highest BCUT2D eigenvalue weighted by molar-refractivity contribution is 7.99. The van der Waals surface area contributed by atoms with Crippen LogP contribution in [0.4, 0.5) is 0 Å². The largest absolute Gasteiger partial charge is 0.479 e. The SMILES string of the molecule is CCC(CC)C(C)C(=O)NC1(C(=O)O)CCSC1. The molecule has 2 unspecified atom stereocenters. The van der Waals surface area contributed by atoms with E-state index in [-0.39, 0.29) is 11.8 Å². The van der Waals surface area contributed by atoms with E-state index in [4.69, 9.17) is 0 Å². The monoisotopic (exact) mass is 273 g/mol. The number of carbonyl (C=O) groups excluding carboxylic acids is 1. The van der Waals surface area contributed by atoms with Crippen LogP contribution in [0.1, 0.15) is 40.0 Å². The molecule has 0 aromatic rings. The molecule has 0 saturated carbocycles. The average molecular weight is 273 g/mol. The summed E-state index contributed by atoms with van der Waals surface area (Å²) in [5, 5.41) is 12.1. The molecule has 2 N–H and O–H groups in total. The third-order valence-corrected chi connectivity index (χ3v) is 5.15. The van der Waals surface area contributed by atoms with E-state index in [1.807, 2.05) is 6.92 Å². The van der Waals surface area contributed by atoms with Crippen molar-refractivity contribution in [1.29, 1.82) is 0 Å². The molecule has 1 amide bonds. The molecule has 18 heavy (non-hydrogen) atoms. The molecule has 1 saturated heterocycles. The van der Waals surface area contributed by atoms with E-state index >= 15 is 0 Å². The molecule has 0 bridgehead atoms. The van der Waals surface area contributed by atoms with Crippen LogP contribution in [-0.4, -0.2) is 34.0 Å². The van der Waals surface area contributed by atoms with E-state index in [2.05, 4.69) is 19.2 Å². The number of hydrogen-bond acceptors (Lipinski definition) is 3. The maximum atomic E-state index is 12.2. The average Bonchev–Trinajstić information content (AvgIpc) is 2.80. The van der Waals surface area contributed by atoms with Crippen LogP contribution in [-0.2, 0) is 9.59 Å². The minimum absolute atomic E-state index is 0.117. The zero-order chi connectivity index (χ0) is 13.8. The topological polar surface area (TPSA) is 66.4 Å². The van der Waals surface area contributed by atoms with Gasteiger partial charge in [0.15, 0.2) is 0 Å². The molecule has 5 heteroatoms. The van der Waals surface area contributed by atoms with Gasteiger partial charge in [0.1, 0.15) is 5.54 Å². The highest BCUT2D eigenvalue weighted by Crippen LogP contribution is 2.29. The van der Waals surface area contributed by atoms with Crippen molar-refractivity contribution < 1.29 is 14.7 Å². The van der Waals surface area contributed by atoms with Gasteiger partial charge in [0.2, 0.25) is 5.91 Å². The first kappa shape index (κ1) is 15.3. The van der Waals surface area contributed by atoms with Crippen molar-refractivity contribution in [1.82, 2.24) is 5.32 Å². The van der Waals surface area contributed by atoms with Gasteiger partial charge < -0.3 is 10.4 Å². The summed E-state index contributed by atoms with van der Waals surface area (Å²) in [6, 6.07) is 0. The summed E-state index contributed by atoms with van der Waals surface area (Å²) in [6.45, 7) is 6.03. The van der Waals surface area contributed by atoms with E-state index in [1.54, 1.807) is 11.8 Å². The molecular weight excluding hydrogens is 250 g/mol. The molecule has 1 heterocycles. The predicted octanol–water partition coefficient (Wildman–Crippen LogP) is 2.14. The fourth-order valence-corrected chi connectivity index (χ4v) is 3.77. The molecule has 0 aromatic heterocycles. The molecular formula is C13H23NO3S. The Morgan fingerprint density at radius 3 is 2.39 bits per heavy atom. The van der Waals surface area contributed by atoms with Crippen LogP contribution in [0.25, 0.3) is 0 Å². The van der Waals surface area contributed by atoms with Crippen molar-refractivity contribution in [3.8, 4) is 0 Å². The van der Waals surface area contributed by atoms with Crippen LogP contribution < -0.4 is 5.32 Å². The normalized spacial score (nSPS) is 25.1. The number of nitrogens with one attached hydrogen (secondary N) is 1. The van der Waals surface area contributed by atoms with Crippen molar-refractivity contribution in [2.24, 2.45) is 11.8 Å². The Balaban J connectivity index is 2.70. The number of thioether (sulfide) groups is 1. The second-order valence-electron chi connectivity index (χ2n) is 5.04. The molecule has 0 radical (unpaired) electrons. The zero-order valence-electron chi connectivity index (χ0n) is 11.4. The number of carboxylic acids is 1. The first-order valence-corrected chi connectivity index (χ1v) is 7.75. The molecule has 4 nitrogen and oxygen atoms in total. The Morgan fingerprint density at radius 1 is 1.39 bits per heavy atom. The van der Waals surface area contributed by atoms with E-state index in [0.717, 1.165) is 18.6 Å². The number of amides is 1. The summed E-state index contributed by atoms with van der Waals surface area (Å²) in [5.41, 5.74) is -1.04. The second kappa shape index (κ2) is 6.45. The predicted molar refractivity (Wildman–Crippen MR) is 73.7 cm³/mol. The molecule has 1 aliphatic heterocycles. The molecule has 1 aliphatic rings. The van der Waals surface area contributed by atoms with E-state index in [9.17, 15) is 14.7 Å². The van der Waals surface area contributed by atoms with Gasteiger partial charge in [-0.3, -0.25) is 4.79 Å². The summed E-state index contributed by atoms with van der Waals surface area (Å²) in [4.78, 5) is 23.5. The highest BCUT2D eigenvalue weighted by atomic mass is 32.2. The van der Waals surface area contributed by atoms with Crippen LogP contribution >= 0.6 is 11.8 Å². The van der Waals surface area contributed by atoms with E-state index in [0.29, 0.717) is 18.1 Å². The third-order valence-electron chi connectivity index (χ3n) is 3.96. The van der Waals surface area contributed by atoms with Crippen molar-refractivity contribution in [2.45, 2.75) is 45.6 Å². The summed E-state index contributed by atoms with van der Waals surface area (Å²) >= 11 is 1.59. The quantitative estimate of drug-likeness (QED) is 0.778. The van der Waals surface area contributed by atoms with Crippen LogP contribution in [0.15, 0.2) is 0 Å². The maximum absolute atomic E-state index is 12.2. The van der Waals surface area contributed by atoms with Gasteiger partial charge in [-0.1, -0.05) is 33.6 Å². The fraction of sp³-hybridized carbons (Fsp3) is 0.846. The minimum Gasteiger partial charge on any atom is -0.479 e. The minimum atomic E-state index is -1.04. The number of hydrogen-bond donors (Lipinski definition) is 2. The van der Waals surface area contributed by atoms with Gasteiger partial charge in [-0.2, -0.15) is 11.8 Å². The smallest absolute Gasteiger partial charge is 0.330 e. The number of rotatable bonds is 6. The number of carbonyl (C=O) groups is 2. The lowest BCUT2D eigenvalue weighted by Gasteiger charge is -2.28. The van der Waals surface area contributed by atoms with Crippen molar-refractivity contribution in [2.75, 3.05) is 11.5 Å². The first-order chi connectivity index (χ1) is 8.46. The lowest BCUT2D eigenvalue weighted by molar-refractivity contribution is -0.147. The Bertz CT molecular complexity index is 309. The fourth-order valence-electron chi connectivity index (χ4n) is 2.45.